The summed E-state index contributed by atoms with van der Waals surface area (Å²) in [6.45, 7) is 5.78. The molecule has 0 saturated heterocycles. The number of nitrogens with one attached hydrogen (secondary N) is 2. The van der Waals surface area contributed by atoms with Crippen LogP contribution in [0.4, 0.5) is 4.79 Å². The first kappa shape index (κ1) is 14.8. The molecule has 0 bridgehead atoms. The number of hydrogen-bond donors (Lipinski definition) is 2. The highest BCUT2D eigenvalue weighted by Gasteiger charge is 2.15. The van der Waals surface area contributed by atoms with Crippen molar-refractivity contribution in [1.29, 1.82) is 0 Å². The van der Waals surface area contributed by atoms with Gasteiger partial charge in [-0.3, -0.25) is 4.79 Å². The average Bonchev–Trinajstić information content (AvgIpc) is 2.28. The Kier molecular flexibility index (Phi) is 5.19. The molecule has 0 spiro atoms. The minimum atomic E-state index is -0.507. The highest BCUT2D eigenvalue weighted by molar-refractivity contribution is 5.67. The number of pyridine rings is 1. The molecular weight excluding hydrogens is 244 g/mol. The van der Waals surface area contributed by atoms with Crippen molar-refractivity contribution in [3.8, 4) is 11.8 Å². The highest BCUT2D eigenvalue weighted by Crippen LogP contribution is 2.06. The number of amides is 1. The van der Waals surface area contributed by atoms with Crippen molar-refractivity contribution in [2.75, 3.05) is 6.54 Å². The van der Waals surface area contributed by atoms with Crippen LogP contribution in [0.25, 0.3) is 0 Å². The van der Waals surface area contributed by atoms with Gasteiger partial charge in [0.15, 0.2) is 0 Å². The third-order valence-corrected chi connectivity index (χ3v) is 1.96. The highest BCUT2D eigenvalue weighted by atomic mass is 16.6. The van der Waals surface area contributed by atoms with Crippen LogP contribution in [0, 0.1) is 11.8 Å². The predicted molar refractivity (Wildman–Crippen MR) is 72.8 cm³/mol. The van der Waals surface area contributed by atoms with Gasteiger partial charge < -0.3 is 15.0 Å². The molecule has 1 rings (SSSR count). The van der Waals surface area contributed by atoms with Gasteiger partial charge in [-0.25, -0.2) is 4.79 Å². The van der Waals surface area contributed by atoms with Gasteiger partial charge in [0.1, 0.15) is 5.60 Å². The summed E-state index contributed by atoms with van der Waals surface area (Å²) in [6, 6.07) is 3.36. The minimum Gasteiger partial charge on any atom is -0.444 e. The van der Waals surface area contributed by atoms with Gasteiger partial charge in [-0.1, -0.05) is 11.8 Å². The van der Waals surface area contributed by atoms with E-state index in [0.29, 0.717) is 18.5 Å². The Labute approximate surface area is 112 Å². The number of carbonyl (C=O) groups is 1. The molecule has 0 unspecified atom stereocenters. The van der Waals surface area contributed by atoms with Gasteiger partial charge in [0.2, 0.25) is 0 Å². The van der Waals surface area contributed by atoms with Crippen LogP contribution in [0.3, 0.4) is 0 Å². The van der Waals surface area contributed by atoms with Crippen LogP contribution in [-0.2, 0) is 4.74 Å². The largest absolute Gasteiger partial charge is 0.444 e. The normalized spacial score (nSPS) is 10.3. The van der Waals surface area contributed by atoms with E-state index in [2.05, 4.69) is 22.1 Å². The Morgan fingerprint density at radius 2 is 2.21 bits per heavy atom. The van der Waals surface area contributed by atoms with Crippen molar-refractivity contribution in [1.82, 2.24) is 10.3 Å². The zero-order chi connectivity index (χ0) is 14.3. The summed E-state index contributed by atoms with van der Waals surface area (Å²) in [5, 5.41) is 2.59. The number of rotatable bonds is 2. The molecule has 1 amide bonds. The predicted octanol–water partition coefficient (Wildman–Crippen LogP) is 1.64. The summed E-state index contributed by atoms with van der Waals surface area (Å²) >= 11 is 0. The van der Waals surface area contributed by atoms with E-state index in [9.17, 15) is 9.59 Å². The topological polar surface area (TPSA) is 71.2 Å². The van der Waals surface area contributed by atoms with Crippen molar-refractivity contribution in [3.63, 3.8) is 0 Å². The molecule has 19 heavy (non-hydrogen) atoms. The number of aromatic nitrogens is 1. The van der Waals surface area contributed by atoms with E-state index in [1.807, 2.05) is 0 Å². The first-order valence-electron chi connectivity index (χ1n) is 6.02. The third kappa shape index (κ3) is 6.32. The molecule has 0 atom stereocenters. The lowest BCUT2D eigenvalue weighted by Gasteiger charge is -2.19. The molecule has 0 radical (unpaired) electrons. The zero-order valence-corrected chi connectivity index (χ0v) is 11.4. The first-order chi connectivity index (χ1) is 8.88. The second kappa shape index (κ2) is 6.64. The lowest BCUT2D eigenvalue weighted by Crippen LogP contribution is -2.32. The second-order valence-electron chi connectivity index (χ2n) is 4.89. The quantitative estimate of drug-likeness (QED) is 0.628. The van der Waals surface area contributed by atoms with Crippen LogP contribution in [0.5, 0.6) is 0 Å². The Hall–Kier alpha value is -2.22. The maximum absolute atomic E-state index is 11.3. The Balaban J connectivity index is 2.35. The van der Waals surface area contributed by atoms with Crippen LogP contribution in [-0.4, -0.2) is 23.2 Å². The van der Waals surface area contributed by atoms with Crippen molar-refractivity contribution in [2.24, 2.45) is 0 Å². The lowest BCUT2D eigenvalue weighted by atomic mass is 10.2. The summed E-state index contributed by atoms with van der Waals surface area (Å²) in [5.74, 6) is 5.57. The number of ether oxygens (including phenoxy) is 1. The summed E-state index contributed by atoms with van der Waals surface area (Å²) < 4.78 is 5.07. The van der Waals surface area contributed by atoms with E-state index in [-0.39, 0.29) is 5.56 Å². The minimum absolute atomic E-state index is 0.213. The maximum atomic E-state index is 11.3. The van der Waals surface area contributed by atoms with E-state index in [1.54, 1.807) is 39.1 Å². The molecule has 5 heteroatoms. The standard InChI is InChI=1S/C14H18N2O3/c1-14(2,3)19-13(18)16-9-5-4-7-11-8-6-10-15-12(11)17/h6,8,10H,5,9H2,1-3H3,(H,15,17)(H,16,18). The summed E-state index contributed by atoms with van der Waals surface area (Å²) in [7, 11) is 0. The molecule has 1 heterocycles. The molecular formula is C14H18N2O3. The average molecular weight is 262 g/mol. The summed E-state index contributed by atoms with van der Waals surface area (Å²) in [5.41, 5.74) is -0.303. The van der Waals surface area contributed by atoms with E-state index in [4.69, 9.17) is 4.74 Å². The maximum Gasteiger partial charge on any atom is 0.407 e. The van der Waals surface area contributed by atoms with Crippen LogP contribution >= 0.6 is 0 Å². The van der Waals surface area contributed by atoms with E-state index >= 15 is 0 Å². The molecule has 5 nitrogen and oxygen atoms in total. The van der Waals surface area contributed by atoms with Gasteiger partial charge in [0.05, 0.1) is 5.56 Å². The number of H-pyrrole nitrogens is 1. The number of aromatic amines is 1. The first-order valence-corrected chi connectivity index (χ1v) is 6.02. The van der Waals surface area contributed by atoms with Crippen molar-refractivity contribution in [2.45, 2.75) is 32.8 Å². The van der Waals surface area contributed by atoms with Crippen LogP contribution in [0.15, 0.2) is 23.1 Å². The fourth-order valence-electron chi connectivity index (χ4n) is 1.22. The SMILES string of the molecule is CC(C)(C)OC(=O)NCCC#Cc1ccc[nH]c1=O. The molecule has 2 N–H and O–H groups in total. The molecule has 0 aromatic carbocycles. The molecule has 1 aromatic rings. The molecule has 0 saturated carbocycles. The van der Waals surface area contributed by atoms with Crippen LogP contribution in [0.2, 0.25) is 0 Å². The fourth-order valence-corrected chi connectivity index (χ4v) is 1.22. The van der Waals surface area contributed by atoms with Crippen molar-refractivity contribution < 1.29 is 9.53 Å². The molecule has 0 aliphatic carbocycles. The number of alkyl carbamates (subject to hydrolysis) is 1. The molecule has 1 aromatic heterocycles. The van der Waals surface area contributed by atoms with E-state index in [1.165, 1.54) is 0 Å². The van der Waals surface area contributed by atoms with Crippen LogP contribution < -0.4 is 10.9 Å². The van der Waals surface area contributed by atoms with E-state index < -0.39 is 11.7 Å². The van der Waals surface area contributed by atoms with Gasteiger partial charge in [0.25, 0.3) is 5.56 Å². The smallest absolute Gasteiger partial charge is 0.407 e. The van der Waals surface area contributed by atoms with Crippen molar-refractivity contribution in [3.05, 3.63) is 34.2 Å². The van der Waals surface area contributed by atoms with Crippen LogP contribution in [0.1, 0.15) is 32.8 Å². The zero-order valence-electron chi connectivity index (χ0n) is 11.4. The van der Waals surface area contributed by atoms with Gasteiger partial charge >= 0.3 is 6.09 Å². The monoisotopic (exact) mass is 262 g/mol. The van der Waals surface area contributed by atoms with E-state index in [0.717, 1.165) is 0 Å². The summed E-state index contributed by atoms with van der Waals surface area (Å²) in [6.07, 6.45) is 1.54. The molecule has 102 valence electrons. The number of hydrogen-bond acceptors (Lipinski definition) is 3. The van der Waals surface area contributed by atoms with Gasteiger partial charge in [0, 0.05) is 19.2 Å². The van der Waals surface area contributed by atoms with Gasteiger partial charge in [-0.15, -0.1) is 0 Å². The number of carbonyl (C=O) groups excluding carboxylic acids is 1. The molecule has 0 aliphatic rings. The second-order valence-corrected chi connectivity index (χ2v) is 4.89. The Morgan fingerprint density at radius 1 is 1.47 bits per heavy atom. The third-order valence-electron chi connectivity index (χ3n) is 1.96. The van der Waals surface area contributed by atoms with Gasteiger partial charge in [-0.05, 0) is 32.9 Å². The van der Waals surface area contributed by atoms with Gasteiger partial charge in [-0.2, -0.15) is 0 Å². The molecule has 0 fully saturated rings. The van der Waals surface area contributed by atoms with Crippen molar-refractivity contribution >= 4 is 6.09 Å². The summed E-state index contributed by atoms with van der Waals surface area (Å²) in [4.78, 5) is 25.1. The Bertz CT molecular complexity index is 544. The lowest BCUT2D eigenvalue weighted by molar-refractivity contribution is 0.0529. The fraction of sp³-hybridized carbons (Fsp3) is 0.429. The molecule has 0 aliphatic heterocycles. The Morgan fingerprint density at radius 3 is 2.84 bits per heavy atom.